The Kier molecular flexibility index (Phi) is 3.75. The van der Waals surface area contributed by atoms with Crippen molar-refractivity contribution in [2.45, 2.75) is 6.10 Å². The Morgan fingerprint density at radius 2 is 2.53 bits per heavy atom. The van der Waals surface area contributed by atoms with Gasteiger partial charge in [-0.2, -0.15) is 5.10 Å². The first-order valence-corrected chi connectivity index (χ1v) is 5.75. The highest BCUT2D eigenvalue weighted by Crippen LogP contribution is 2.09. The molecule has 1 amide bonds. The standard InChI is InChI=1S/C11H18N4O2/c1-12-6-10-8-15(3-4-17-10)11(16)9-5-13-14(2)7-9/h5,7,10,12H,3-4,6,8H2,1-2H3. The number of hydrogen-bond donors (Lipinski definition) is 1. The summed E-state index contributed by atoms with van der Waals surface area (Å²) in [4.78, 5) is 14.0. The summed E-state index contributed by atoms with van der Waals surface area (Å²) in [6, 6.07) is 0. The zero-order valence-electron chi connectivity index (χ0n) is 10.2. The van der Waals surface area contributed by atoms with Crippen molar-refractivity contribution in [1.82, 2.24) is 20.0 Å². The summed E-state index contributed by atoms with van der Waals surface area (Å²) in [5.74, 6) is 0.0301. The summed E-state index contributed by atoms with van der Waals surface area (Å²) in [6.07, 6.45) is 3.42. The maximum atomic E-state index is 12.2. The van der Waals surface area contributed by atoms with Gasteiger partial charge in [0, 0.05) is 32.9 Å². The van der Waals surface area contributed by atoms with Crippen molar-refractivity contribution in [2.24, 2.45) is 7.05 Å². The molecule has 0 aromatic carbocycles. The molecule has 1 aromatic rings. The minimum atomic E-state index is 0.0301. The molecule has 1 saturated heterocycles. The number of nitrogens with one attached hydrogen (secondary N) is 1. The Morgan fingerprint density at radius 3 is 3.18 bits per heavy atom. The highest BCUT2D eigenvalue weighted by Gasteiger charge is 2.25. The number of hydrogen-bond acceptors (Lipinski definition) is 4. The molecule has 1 aliphatic rings. The van der Waals surface area contributed by atoms with E-state index >= 15 is 0 Å². The van der Waals surface area contributed by atoms with Crippen LogP contribution in [-0.2, 0) is 11.8 Å². The molecule has 1 fully saturated rings. The molecule has 6 heteroatoms. The van der Waals surface area contributed by atoms with Gasteiger partial charge in [-0.1, -0.05) is 0 Å². The number of amides is 1. The summed E-state index contributed by atoms with van der Waals surface area (Å²) in [6.45, 7) is 2.64. The third kappa shape index (κ3) is 2.83. The molecule has 17 heavy (non-hydrogen) atoms. The molecule has 94 valence electrons. The lowest BCUT2D eigenvalue weighted by Gasteiger charge is -2.32. The highest BCUT2D eigenvalue weighted by atomic mass is 16.5. The molecular formula is C11H18N4O2. The summed E-state index contributed by atoms with van der Waals surface area (Å²) >= 11 is 0. The van der Waals surface area contributed by atoms with Gasteiger partial charge in [0.25, 0.3) is 5.91 Å². The van der Waals surface area contributed by atoms with E-state index in [1.54, 1.807) is 24.1 Å². The van der Waals surface area contributed by atoms with E-state index < -0.39 is 0 Å². The van der Waals surface area contributed by atoms with Crippen LogP contribution >= 0.6 is 0 Å². The Morgan fingerprint density at radius 1 is 1.71 bits per heavy atom. The second-order valence-corrected chi connectivity index (χ2v) is 4.20. The number of rotatable bonds is 3. The highest BCUT2D eigenvalue weighted by molar-refractivity contribution is 5.93. The smallest absolute Gasteiger partial charge is 0.257 e. The van der Waals surface area contributed by atoms with Crippen LogP contribution in [0.3, 0.4) is 0 Å². The maximum absolute atomic E-state index is 12.2. The van der Waals surface area contributed by atoms with Gasteiger partial charge in [-0.15, -0.1) is 0 Å². The number of morpholine rings is 1. The number of likely N-dealkylation sites (N-methyl/N-ethyl adjacent to an activating group) is 1. The van der Waals surface area contributed by atoms with Gasteiger partial charge in [0.1, 0.15) is 0 Å². The first-order valence-electron chi connectivity index (χ1n) is 5.75. The van der Waals surface area contributed by atoms with E-state index in [1.165, 1.54) is 0 Å². The van der Waals surface area contributed by atoms with Gasteiger partial charge in [-0.05, 0) is 7.05 Å². The number of aromatic nitrogens is 2. The fourth-order valence-corrected chi connectivity index (χ4v) is 1.97. The largest absolute Gasteiger partial charge is 0.373 e. The zero-order chi connectivity index (χ0) is 12.3. The molecule has 0 radical (unpaired) electrons. The SMILES string of the molecule is CNCC1CN(C(=O)c2cnn(C)c2)CCO1. The predicted octanol–water partition coefficient (Wildman–Crippen LogP) is -0.520. The Hall–Kier alpha value is -1.40. The summed E-state index contributed by atoms with van der Waals surface area (Å²) in [5, 5.41) is 7.07. The maximum Gasteiger partial charge on any atom is 0.257 e. The lowest BCUT2D eigenvalue weighted by molar-refractivity contribution is -0.0196. The Bertz CT molecular complexity index is 389. The van der Waals surface area contributed by atoms with Crippen LogP contribution in [0.15, 0.2) is 12.4 Å². The van der Waals surface area contributed by atoms with E-state index in [0.29, 0.717) is 25.3 Å². The zero-order valence-corrected chi connectivity index (χ0v) is 10.2. The van der Waals surface area contributed by atoms with Crippen LogP contribution in [0.25, 0.3) is 0 Å². The number of ether oxygens (including phenoxy) is 1. The summed E-state index contributed by atoms with van der Waals surface area (Å²) in [7, 11) is 3.69. The van der Waals surface area contributed by atoms with Gasteiger partial charge in [-0.3, -0.25) is 9.48 Å². The molecule has 0 saturated carbocycles. The molecule has 1 unspecified atom stereocenters. The number of carbonyl (C=O) groups is 1. The van der Waals surface area contributed by atoms with E-state index in [4.69, 9.17) is 4.74 Å². The van der Waals surface area contributed by atoms with E-state index in [-0.39, 0.29) is 12.0 Å². The first-order chi connectivity index (χ1) is 8.20. The summed E-state index contributed by atoms with van der Waals surface area (Å²) in [5.41, 5.74) is 0.637. The molecule has 1 N–H and O–H groups in total. The first kappa shape index (κ1) is 12.1. The molecule has 6 nitrogen and oxygen atoms in total. The van der Waals surface area contributed by atoms with Gasteiger partial charge in [-0.25, -0.2) is 0 Å². The number of nitrogens with zero attached hydrogens (tertiary/aromatic N) is 3. The van der Waals surface area contributed by atoms with E-state index in [2.05, 4.69) is 10.4 Å². The minimum absolute atomic E-state index is 0.0301. The average Bonchev–Trinajstić information content (AvgIpc) is 2.76. The third-order valence-corrected chi connectivity index (χ3v) is 2.81. The molecular weight excluding hydrogens is 220 g/mol. The van der Waals surface area contributed by atoms with Crippen molar-refractivity contribution >= 4 is 5.91 Å². The second-order valence-electron chi connectivity index (χ2n) is 4.20. The lowest BCUT2D eigenvalue weighted by Crippen LogP contribution is -2.48. The van der Waals surface area contributed by atoms with Gasteiger partial charge in [0.15, 0.2) is 0 Å². The van der Waals surface area contributed by atoms with Crippen LogP contribution in [0.2, 0.25) is 0 Å². The van der Waals surface area contributed by atoms with Crippen molar-refractivity contribution in [3.8, 4) is 0 Å². The van der Waals surface area contributed by atoms with Crippen LogP contribution in [0.5, 0.6) is 0 Å². The van der Waals surface area contributed by atoms with Gasteiger partial charge in [0.05, 0.1) is 24.5 Å². The van der Waals surface area contributed by atoms with E-state index in [0.717, 1.165) is 6.54 Å². The van der Waals surface area contributed by atoms with Crippen LogP contribution in [-0.4, -0.2) is 60.0 Å². The van der Waals surface area contributed by atoms with Gasteiger partial charge >= 0.3 is 0 Å². The van der Waals surface area contributed by atoms with E-state index in [1.807, 2.05) is 11.9 Å². The molecule has 2 rings (SSSR count). The van der Waals surface area contributed by atoms with Crippen molar-refractivity contribution in [2.75, 3.05) is 33.3 Å². The predicted molar refractivity (Wildman–Crippen MR) is 62.8 cm³/mol. The normalized spacial score (nSPS) is 20.6. The minimum Gasteiger partial charge on any atom is -0.373 e. The lowest BCUT2D eigenvalue weighted by atomic mass is 10.2. The fraction of sp³-hybridized carbons (Fsp3) is 0.636. The monoisotopic (exact) mass is 238 g/mol. The van der Waals surface area contributed by atoms with Crippen molar-refractivity contribution < 1.29 is 9.53 Å². The molecule has 0 spiro atoms. The molecule has 1 aromatic heterocycles. The third-order valence-electron chi connectivity index (χ3n) is 2.81. The van der Waals surface area contributed by atoms with Crippen LogP contribution in [0.1, 0.15) is 10.4 Å². The topological polar surface area (TPSA) is 59.4 Å². The Balaban J connectivity index is 1.99. The van der Waals surface area contributed by atoms with Crippen molar-refractivity contribution in [3.63, 3.8) is 0 Å². The Labute approximate surface area is 101 Å². The van der Waals surface area contributed by atoms with Crippen LogP contribution in [0.4, 0.5) is 0 Å². The average molecular weight is 238 g/mol. The number of aryl methyl sites for hydroxylation is 1. The van der Waals surface area contributed by atoms with Crippen molar-refractivity contribution in [1.29, 1.82) is 0 Å². The second kappa shape index (κ2) is 5.29. The quantitative estimate of drug-likeness (QED) is 0.770. The molecule has 1 aliphatic heterocycles. The summed E-state index contributed by atoms with van der Waals surface area (Å²) < 4.78 is 7.20. The molecule has 2 heterocycles. The number of carbonyl (C=O) groups excluding carboxylic acids is 1. The van der Waals surface area contributed by atoms with Gasteiger partial charge < -0.3 is 15.0 Å². The van der Waals surface area contributed by atoms with Crippen molar-refractivity contribution in [3.05, 3.63) is 18.0 Å². The van der Waals surface area contributed by atoms with Crippen LogP contribution in [0, 0.1) is 0 Å². The van der Waals surface area contributed by atoms with Crippen LogP contribution < -0.4 is 5.32 Å². The molecule has 1 atom stereocenters. The fourth-order valence-electron chi connectivity index (χ4n) is 1.97. The molecule has 0 aliphatic carbocycles. The van der Waals surface area contributed by atoms with E-state index in [9.17, 15) is 4.79 Å². The van der Waals surface area contributed by atoms with Gasteiger partial charge in [0.2, 0.25) is 0 Å². The molecule has 0 bridgehead atoms.